The second-order valence-corrected chi connectivity index (χ2v) is 25.3. The number of hydrogen-bond donors (Lipinski definition) is 0. The summed E-state index contributed by atoms with van der Waals surface area (Å²) >= 11 is 0. The molecule has 4 atom stereocenters. The molecule has 0 radical (unpaired) electrons. The van der Waals surface area contributed by atoms with Crippen molar-refractivity contribution in [1.82, 2.24) is 0 Å². The van der Waals surface area contributed by atoms with Crippen LogP contribution < -0.4 is 48.4 Å². The van der Waals surface area contributed by atoms with Gasteiger partial charge >= 0.3 is 14.7 Å². The Morgan fingerprint density at radius 2 is 0.696 bits per heavy atom. The van der Waals surface area contributed by atoms with Crippen LogP contribution >= 0.6 is 14.7 Å². The molecule has 0 bridgehead atoms. The minimum Gasteiger partial charge on any atom is -0.473 e. The maximum atomic E-state index is 15.7. The van der Waals surface area contributed by atoms with Crippen molar-refractivity contribution in [3.05, 3.63) is 265 Å². The molecule has 4 aliphatic heterocycles. The first-order chi connectivity index (χ1) is 38.6. The third-order valence-corrected chi connectivity index (χ3v) is 21.1. The first-order valence-electron chi connectivity index (χ1n) is 26.3. The highest BCUT2D eigenvalue weighted by Crippen LogP contribution is 2.68. The number of anilines is 2. The molecule has 79 heavy (non-hydrogen) atoms. The zero-order chi connectivity index (χ0) is 53.3. The molecule has 12 heteroatoms. The second-order valence-electron chi connectivity index (χ2n) is 20.6. The summed E-state index contributed by atoms with van der Waals surface area (Å²) in [6, 6.07) is 78.9. The van der Waals surface area contributed by atoms with E-state index >= 15 is 9.13 Å². The molecule has 0 spiro atoms. The predicted octanol–water partition coefficient (Wildman–Crippen LogP) is 16.6. The molecule has 0 fully saturated rings. The van der Waals surface area contributed by atoms with E-state index < -0.39 is 26.3 Å². The Balaban J connectivity index is 0.658. The van der Waals surface area contributed by atoms with Crippen LogP contribution in [0.25, 0.3) is 22.3 Å². The van der Waals surface area contributed by atoms with Gasteiger partial charge in [0, 0.05) is 39.0 Å². The van der Waals surface area contributed by atoms with Gasteiger partial charge in [-0.2, -0.15) is 0 Å². The second kappa shape index (κ2) is 19.2. The first-order valence-corrected chi connectivity index (χ1v) is 29.7. The lowest BCUT2D eigenvalue weighted by Crippen LogP contribution is -2.40. The molecule has 14 rings (SSSR count). The van der Waals surface area contributed by atoms with Crippen LogP contribution in [0.15, 0.2) is 243 Å². The molecule has 10 aromatic carbocycles. The number of hydrogen-bond acceptors (Lipinski definition) is 10. The van der Waals surface area contributed by atoms with Gasteiger partial charge < -0.3 is 37.8 Å². The Bertz CT molecular complexity index is 3790. The van der Waals surface area contributed by atoms with E-state index in [-0.39, 0.29) is 18.9 Å². The zero-order valence-corrected chi connectivity index (χ0v) is 45.0. The molecule has 0 saturated heterocycles. The SMILES string of the molecule is CC(C)(c1ccc(Oc2ccc(N3COc4ccccc4C3P3(=O)Oc4ccccc4-c4ccccc43)cc2)cc1)c1ccc(Oc2ccc(N3COc4ccccc4C3P3(=O)Oc4ccccc4-c4ccccc43)cc2)cc1. The topological polar surface area (TPSA) is 96.0 Å². The van der Waals surface area contributed by atoms with E-state index in [1.807, 2.05) is 228 Å². The monoisotopic (exact) mass is 1070 g/mol. The number of fused-ring (bicyclic) bond motifs is 8. The summed E-state index contributed by atoms with van der Waals surface area (Å²) in [7, 11) is -7.26. The van der Waals surface area contributed by atoms with Crippen molar-refractivity contribution in [3.63, 3.8) is 0 Å². The Hall–Kier alpha value is -8.94. The molecule has 10 aromatic rings. The Labute approximate surface area is 458 Å². The van der Waals surface area contributed by atoms with Gasteiger partial charge in [-0.3, -0.25) is 9.13 Å². The molecule has 4 aliphatic rings. The van der Waals surface area contributed by atoms with Crippen LogP contribution in [0.2, 0.25) is 0 Å². The third kappa shape index (κ3) is 8.33. The summed E-state index contributed by atoms with van der Waals surface area (Å²) < 4.78 is 70.2. The highest BCUT2D eigenvalue weighted by Gasteiger charge is 2.51. The Morgan fingerprint density at radius 1 is 0.380 bits per heavy atom. The number of para-hydroxylation sites is 4. The summed E-state index contributed by atoms with van der Waals surface area (Å²) in [6.07, 6.45) is 0. The number of benzene rings is 10. The number of nitrogens with zero attached hydrogens (tertiary/aromatic N) is 2. The highest BCUT2D eigenvalue weighted by molar-refractivity contribution is 7.68. The maximum absolute atomic E-state index is 15.7. The van der Waals surface area contributed by atoms with Gasteiger partial charge in [-0.25, -0.2) is 0 Å². The maximum Gasteiger partial charge on any atom is 0.304 e. The third-order valence-electron chi connectivity index (χ3n) is 15.6. The van der Waals surface area contributed by atoms with E-state index in [1.165, 1.54) is 0 Å². The van der Waals surface area contributed by atoms with Crippen molar-refractivity contribution in [2.24, 2.45) is 0 Å². The highest BCUT2D eigenvalue weighted by atomic mass is 31.2. The molecule has 0 aliphatic carbocycles. The molecule has 0 N–H and O–H groups in total. The van der Waals surface area contributed by atoms with Crippen LogP contribution in [0, 0.1) is 0 Å². The largest absolute Gasteiger partial charge is 0.473 e. The minimum atomic E-state index is -3.63. The minimum absolute atomic E-state index is 0.183. The van der Waals surface area contributed by atoms with Crippen LogP contribution in [0.1, 0.15) is 47.7 Å². The molecule has 4 unspecified atom stereocenters. The average molecular weight is 1080 g/mol. The summed E-state index contributed by atoms with van der Waals surface area (Å²) in [6.45, 7) is 4.78. The van der Waals surface area contributed by atoms with E-state index in [0.717, 1.165) is 55.9 Å². The standard InChI is InChI=1S/C67H52N2O8P2/c1-67(2,45-27-35-49(36-28-45)74-51-39-31-47(32-40-51)68-43-72-59-21-9-5-19-57(59)65(68)78(70)63-25-13-7-17-55(63)53-15-3-11-23-61(53)76-78)46-29-37-50(38-30-46)75-52-41-33-48(34-42-52)69-44-73-60-22-10-6-20-58(60)66(69)79(71)64-26-14-8-18-56(64)54-16-4-12-24-62(54)77-79/h3-42,65-66H,43-44H2,1-2H3. The predicted molar refractivity (Wildman–Crippen MR) is 312 cm³/mol. The lowest BCUT2D eigenvalue weighted by Gasteiger charge is -2.43. The van der Waals surface area contributed by atoms with Crippen LogP contribution in [0.5, 0.6) is 46.0 Å². The molecular formula is C67H52N2O8P2. The van der Waals surface area contributed by atoms with Crippen LogP contribution in [0.3, 0.4) is 0 Å². The van der Waals surface area contributed by atoms with Crippen molar-refractivity contribution in [2.75, 3.05) is 23.3 Å². The van der Waals surface area contributed by atoms with Crippen molar-refractivity contribution in [1.29, 1.82) is 0 Å². The van der Waals surface area contributed by atoms with Gasteiger partial charge in [0.05, 0.1) is 10.6 Å². The van der Waals surface area contributed by atoms with E-state index in [1.54, 1.807) is 0 Å². The van der Waals surface area contributed by atoms with E-state index in [4.69, 9.17) is 28.0 Å². The van der Waals surface area contributed by atoms with E-state index in [2.05, 4.69) is 38.1 Å². The van der Waals surface area contributed by atoms with Crippen molar-refractivity contribution in [3.8, 4) is 68.2 Å². The Kier molecular flexibility index (Phi) is 11.8. The van der Waals surface area contributed by atoms with Gasteiger partial charge in [0.25, 0.3) is 0 Å². The van der Waals surface area contributed by atoms with Gasteiger partial charge in [-0.05, 0) is 131 Å². The first kappa shape index (κ1) is 48.4. The number of ether oxygens (including phenoxy) is 4. The summed E-state index contributed by atoms with van der Waals surface area (Å²) in [5.41, 5.74) is 8.83. The molecule has 0 saturated carbocycles. The summed E-state index contributed by atoms with van der Waals surface area (Å²) in [5.74, 6) is 4.01. The number of rotatable bonds is 10. The fourth-order valence-electron chi connectivity index (χ4n) is 11.5. The van der Waals surface area contributed by atoms with Gasteiger partial charge in [0.1, 0.15) is 46.0 Å². The lowest BCUT2D eigenvalue weighted by molar-refractivity contribution is 0.281. The van der Waals surface area contributed by atoms with Gasteiger partial charge in [0.15, 0.2) is 25.0 Å². The fraction of sp³-hybridized carbons (Fsp3) is 0.104. The fourth-order valence-corrected chi connectivity index (χ4v) is 17.3. The van der Waals surface area contributed by atoms with Crippen LogP contribution in [0.4, 0.5) is 11.4 Å². The van der Waals surface area contributed by atoms with E-state index in [0.29, 0.717) is 56.6 Å². The molecule has 4 heterocycles. The van der Waals surface area contributed by atoms with E-state index in [9.17, 15) is 0 Å². The quantitative estimate of drug-likeness (QED) is 0.123. The van der Waals surface area contributed by atoms with Gasteiger partial charge in [-0.15, -0.1) is 0 Å². The smallest absolute Gasteiger partial charge is 0.304 e. The Morgan fingerprint density at radius 3 is 1.09 bits per heavy atom. The molecular weight excluding hydrogens is 1020 g/mol. The normalized spacial score (nSPS) is 19.5. The average Bonchev–Trinajstić information content (AvgIpc) is 3.56. The summed E-state index contributed by atoms with van der Waals surface area (Å²) in [4.78, 5) is 4.06. The van der Waals surface area contributed by atoms with Crippen molar-refractivity contribution < 1.29 is 37.1 Å². The van der Waals surface area contributed by atoms with Crippen LogP contribution in [-0.4, -0.2) is 13.5 Å². The van der Waals surface area contributed by atoms with Crippen molar-refractivity contribution >= 4 is 36.7 Å². The van der Waals surface area contributed by atoms with Crippen LogP contribution in [-0.2, 0) is 14.5 Å². The van der Waals surface area contributed by atoms with Crippen molar-refractivity contribution in [2.45, 2.75) is 30.8 Å². The molecule has 10 nitrogen and oxygen atoms in total. The van der Waals surface area contributed by atoms with Gasteiger partial charge in [-0.1, -0.05) is 147 Å². The lowest BCUT2D eigenvalue weighted by atomic mass is 9.78. The molecule has 0 aromatic heterocycles. The molecule has 388 valence electrons. The van der Waals surface area contributed by atoms with Gasteiger partial charge in [0.2, 0.25) is 0 Å². The summed E-state index contributed by atoms with van der Waals surface area (Å²) in [5, 5.41) is 1.38. The zero-order valence-electron chi connectivity index (χ0n) is 43.2. The molecule has 0 amide bonds.